The number of carbonyl (C=O) groups excluding carboxylic acids is 1. The largest absolute Gasteiger partial charge is 0.370 e. The molecular formula is C12H20N4O. The van der Waals surface area contributed by atoms with Gasteiger partial charge in [0.05, 0.1) is 0 Å². The van der Waals surface area contributed by atoms with Crippen molar-refractivity contribution in [1.82, 2.24) is 10.2 Å². The number of amides is 1. The lowest BCUT2D eigenvalue weighted by atomic mass is 10.1. The SMILES string of the molecule is C=CCNC(N)=NCC1CC(=O)N(C2CC2)C1. The number of aliphatic imine (C=N–C) groups is 1. The van der Waals surface area contributed by atoms with Crippen LogP contribution in [0, 0.1) is 5.92 Å². The maximum atomic E-state index is 11.7. The molecule has 0 aromatic rings. The monoisotopic (exact) mass is 236 g/mol. The van der Waals surface area contributed by atoms with Crippen molar-refractivity contribution in [3.8, 4) is 0 Å². The molecule has 1 unspecified atom stereocenters. The van der Waals surface area contributed by atoms with Crippen molar-refractivity contribution in [2.45, 2.75) is 25.3 Å². The van der Waals surface area contributed by atoms with Gasteiger partial charge in [-0.1, -0.05) is 6.08 Å². The second-order valence-electron chi connectivity index (χ2n) is 4.74. The first-order valence-corrected chi connectivity index (χ1v) is 6.15. The fourth-order valence-corrected chi connectivity index (χ4v) is 2.13. The first kappa shape index (κ1) is 12.0. The number of nitrogens with one attached hydrogen (secondary N) is 1. The van der Waals surface area contributed by atoms with Gasteiger partial charge < -0.3 is 16.0 Å². The smallest absolute Gasteiger partial charge is 0.223 e. The predicted octanol–water partition coefficient (Wildman–Crippen LogP) is 0.0876. The lowest BCUT2D eigenvalue weighted by molar-refractivity contribution is -0.128. The minimum Gasteiger partial charge on any atom is -0.370 e. The van der Waals surface area contributed by atoms with E-state index in [1.165, 1.54) is 12.8 Å². The van der Waals surface area contributed by atoms with Crippen LogP contribution in [0.3, 0.4) is 0 Å². The standard InChI is InChI=1S/C12H20N4O/c1-2-5-14-12(13)15-7-9-6-11(17)16(8-9)10-3-4-10/h2,9-10H,1,3-8H2,(H3,13,14,15). The molecular weight excluding hydrogens is 216 g/mol. The Morgan fingerprint density at radius 3 is 3.06 bits per heavy atom. The van der Waals surface area contributed by atoms with E-state index in [0.717, 1.165) is 6.54 Å². The molecule has 0 aromatic heterocycles. The van der Waals surface area contributed by atoms with Crippen LogP contribution >= 0.6 is 0 Å². The number of likely N-dealkylation sites (tertiary alicyclic amines) is 1. The summed E-state index contributed by atoms with van der Waals surface area (Å²) in [5.41, 5.74) is 5.67. The molecule has 1 aliphatic heterocycles. The third-order valence-electron chi connectivity index (χ3n) is 3.17. The third kappa shape index (κ3) is 3.22. The maximum absolute atomic E-state index is 11.7. The molecule has 0 aromatic carbocycles. The van der Waals surface area contributed by atoms with Crippen molar-refractivity contribution in [2.75, 3.05) is 19.6 Å². The Labute approximate surface area is 102 Å². The van der Waals surface area contributed by atoms with E-state index in [0.29, 0.717) is 37.4 Å². The fourth-order valence-electron chi connectivity index (χ4n) is 2.13. The molecule has 94 valence electrons. The molecule has 5 nitrogen and oxygen atoms in total. The van der Waals surface area contributed by atoms with Gasteiger partial charge in [-0.3, -0.25) is 9.79 Å². The zero-order valence-corrected chi connectivity index (χ0v) is 10.1. The van der Waals surface area contributed by atoms with Gasteiger partial charge in [0.25, 0.3) is 0 Å². The maximum Gasteiger partial charge on any atom is 0.223 e. The van der Waals surface area contributed by atoms with Crippen LogP contribution in [0.4, 0.5) is 0 Å². The molecule has 1 saturated heterocycles. The topological polar surface area (TPSA) is 70.7 Å². The van der Waals surface area contributed by atoms with Gasteiger partial charge in [-0.2, -0.15) is 0 Å². The van der Waals surface area contributed by atoms with E-state index >= 15 is 0 Å². The predicted molar refractivity (Wildman–Crippen MR) is 67.5 cm³/mol. The summed E-state index contributed by atoms with van der Waals surface area (Å²) in [6.07, 6.45) is 4.69. The summed E-state index contributed by atoms with van der Waals surface area (Å²) < 4.78 is 0. The van der Waals surface area contributed by atoms with Crippen LogP contribution < -0.4 is 11.1 Å². The average Bonchev–Trinajstić information content (AvgIpc) is 3.08. The highest BCUT2D eigenvalue weighted by molar-refractivity contribution is 5.80. The zero-order chi connectivity index (χ0) is 12.3. The van der Waals surface area contributed by atoms with E-state index in [2.05, 4.69) is 16.9 Å². The Balaban J connectivity index is 1.76. The van der Waals surface area contributed by atoms with Gasteiger partial charge in [-0.25, -0.2) is 0 Å². The molecule has 3 N–H and O–H groups in total. The molecule has 0 radical (unpaired) electrons. The summed E-state index contributed by atoms with van der Waals surface area (Å²) >= 11 is 0. The molecule has 1 heterocycles. The Bertz CT molecular complexity index is 335. The zero-order valence-electron chi connectivity index (χ0n) is 10.1. The van der Waals surface area contributed by atoms with Gasteiger partial charge in [0.1, 0.15) is 0 Å². The molecule has 1 saturated carbocycles. The van der Waals surface area contributed by atoms with Crippen LogP contribution in [-0.4, -0.2) is 42.4 Å². The molecule has 1 aliphatic carbocycles. The number of nitrogens with zero attached hydrogens (tertiary/aromatic N) is 2. The van der Waals surface area contributed by atoms with Crippen LogP contribution in [0.1, 0.15) is 19.3 Å². The molecule has 1 atom stereocenters. The first-order chi connectivity index (χ1) is 8.20. The fraction of sp³-hybridized carbons (Fsp3) is 0.667. The Morgan fingerprint density at radius 2 is 2.41 bits per heavy atom. The van der Waals surface area contributed by atoms with Crippen molar-refractivity contribution in [3.05, 3.63) is 12.7 Å². The minimum atomic E-state index is 0.283. The second-order valence-corrected chi connectivity index (χ2v) is 4.74. The van der Waals surface area contributed by atoms with Gasteiger partial charge in [0.15, 0.2) is 5.96 Å². The van der Waals surface area contributed by atoms with Gasteiger partial charge in [-0.15, -0.1) is 6.58 Å². The highest BCUT2D eigenvalue weighted by Crippen LogP contribution is 2.32. The molecule has 2 fully saturated rings. The second kappa shape index (κ2) is 5.21. The van der Waals surface area contributed by atoms with Crippen LogP contribution in [0.15, 0.2) is 17.6 Å². The van der Waals surface area contributed by atoms with E-state index in [1.807, 2.05) is 4.90 Å². The van der Waals surface area contributed by atoms with E-state index < -0.39 is 0 Å². The summed E-state index contributed by atoms with van der Waals surface area (Å²) in [4.78, 5) is 18.0. The van der Waals surface area contributed by atoms with Crippen LogP contribution in [-0.2, 0) is 4.79 Å². The molecule has 0 bridgehead atoms. The van der Waals surface area contributed by atoms with E-state index in [4.69, 9.17) is 5.73 Å². The average molecular weight is 236 g/mol. The van der Waals surface area contributed by atoms with Gasteiger partial charge in [0, 0.05) is 38.0 Å². The summed E-state index contributed by atoms with van der Waals surface area (Å²) in [7, 11) is 0. The summed E-state index contributed by atoms with van der Waals surface area (Å²) in [5.74, 6) is 1.04. The number of guanidine groups is 1. The van der Waals surface area contributed by atoms with E-state index in [-0.39, 0.29) is 5.91 Å². The highest BCUT2D eigenvalue weighted by Gasteiger charge is 2.38. The molecule has 17 heavy (non-hydrogen) atoms. The normalized spacial score (nSPS) is 25.2. The van der Waals surface area contributed by atoms with Crippen LogP contribution in [0.25, 0.3) is 0 Å². The number of rotatable bonds is 5. The molecule has 1 amide bonds. The van der Waals surface area contributed by atoms with Crippen molar-refractivity contribution in [2.24, 2.45) is 16.6 Å². The third-order valence-corrected chi connectivity index (χ3v) is 3.17. The summed E-state index contributed by atoms with van der Waals surface area (Å²) in [5, 5.41) is 2.92. The summed E-state index contributed by atoms with van der Waals surface area (Å²) in [6, 6.07) is 0.521. The van der Waals surface area contributed by atoms with Crippen molar-refractivity contribution in [1.29, 1.82) is 0 Å². The van der Waals surface area contributed by atoms with Gasteiger partial charge in [-0.05, 0) is 12.8 Å². The van der Waals surface area contributed by atoms with E-state index in [9.17, 15) is 4.79 Å². The Morgan fingerprint density at radius 1 is 1.65 bits per heavy atom. The molecule has 5 heteroatoms. The Kier molecular flexibility index (Phi) is 3.66. The molecule has 2 rings (SSSR count). The lowest BCUT2D eigenvalue weighted by Crippen LogP contribution is -2.32. The van der Waals surface area contributed by atoms with Gasteiger partial charge in [0.2, 0.25) is 5.91 Å². The first-order valence-electron chi connectivity index (χ1n) is 6.15. The number of hydrogen-bond donors (Lipinski definition) is 2. The van der Waals surface area contributed by atoms with Crippen molar-refractivity contribution >= 4 is 11.9 Å². The van der Waals surface area contributed by atoms with Crippen LogP contribution in [0.5, 0.6) is 0 Å². The van der Waals surface area contributed by atoms with Gasteiger partial charge >= 0.3 is 0 Å². The molecule has 0 spiro atoms. The molecule has 2 aliphatic rings. The quantitative estimate of drug-likeness (QED) is 0.404. The lowest BCUT2D eigenvalue weighted by Gasteiger charge is -2.14. The summed E-state index contributed by atoms with van der Waals surface area (Å²) in [6.45, 7) is 5.69. The highest BCUT2D eigenvalue weighted by atomic mass is 16.2. The number of nitrogens with two attached hydrogens (primary N) is 1. The minimum absolute atomic E-state index is 0.283. The van der Waals surface area contributed by atoms with E-state index in [1.54, 1.807) is 6.08 Å². The Hall–Kier alpha value is -1.52. The van der Waals surface area contributed by atoms with Crippen molar-refractivity contribution in [3.63, 3.8) is 0 Å². The number of carbonyl (C=O) groups is 1. The number of hydrogen-bond acceptors (Lipinski definition) is 2. The van der Waals surface area contributed by atoms with Crippen LogP contribution in [0.2, 0.25) is 0 Å². The van der Waals surface area contributed by atoms with Crippen molar-refractivity contribution < 1.29 is 4.79 Å².